The van der Waals surface area contributed by atoms with E-state index in [1.165, 1.54) is 22.7 Å². The number of rotatable bonds is 24. The van der Waals surface area contributed by atoms with E-state index in [1.807, 2.05) is 191 Å². The maximum Gasteiger partial charge on any atom is 0.346 e. The minimum atomic E-state index is -3.35. The first kappa shape index (κ1) is 76.9. The van der Waals surface area contributed by atoms with Gasteiger partial charge in [0, 0.05) is 89.0 Å². The van der Waals surface area contributed by atoms with Gasteiger partial charge in [0.25, 0.3) is 0 Å². The van der Waals surface area contributed by atoms with Crippen LogP contribution in [0.2, 0.25) is 5.02 Å². The SMILES string of the molecule is CCOP(=O)(Cc1cc(-c2ccc(-c3cc4ncccc4o3)cc2)sc1C(=O)O)c1ccc(C)cc1.CCOP(=O)(Cc1cc(-c2ccc(-c3cc4ncccc4o3)cc2)sc1C(=O)O)c1ccc(C)cc1C.CCOP(=O)(Cc1cc(-c2ccc(-c3cc4ncccc4o3)cc2)sc1C(=O)O)c1ccc(Cl)cc1. The molecule has 0 aliphatic heterocycles. The van der Waals surface area contributed by atoms with E-state index >= 15 is 0 Å². The molecule has 0 spiro atoms. The fraction of sp³-hybridized carbons (Fsp3) is 0.143. The lowest BCUT2D eigenvalue weighted by molar-refractivity contribution is 0.0690. The zero-order chi connectivity index (χ0) is 76.7. The monoisotopic (exact) mass is 1590 g/mol. The summed E-state index contributed by atoms with van der Waals surface area (Å²) in [7, 11) is -9.98. The van der Waals surface area contributed by atoms with Gasteiger partial charge in [-0.2, -0.15) is 0 Å². The maximum atomic E-state index is 14.1. The lowest BCUT2D eigenvalue weighted by Gasteiger charge is -2.20. The standard InChI is InChI=1S/C29H26NO5PS.C28H24NO5PS.C27H21ClNO5PS/c1-4-34-36(33,26-12-7-18(2)14-19(26)3)17-22-15-27(37-28(22)29(31)32)21-10-8-20(9-11-21)25-16-23-24(35-25)6-5-13-30-23;1-3-33-35(32,22-12-6-18(2)7-13-22)17-21-15-26(36-27(21)28(30)31)20-10-8-19(9-11-20)25-16-23-24(34-25)5-4-14-29-23;1-2-33-35(32,21-11-9-20(28)10-12-21)16-19-14-25(36-26(19)27(30)31)18-7-5-17(6-8-18)24-15-22-23(34-24)4-3-13-29-22/h5-16H,4,17H2,1-3H3,(H,31,32);4-16H,3,17H2,1-2H3,(H,30,31);3-15H,2,16H2,1H3,(H,30,31). The largest absolute Gasteiger partial charge is 0.477 e. The Hall–Kier alpha value is -10.2. The van der Waals surface area contributed by atoms with Gasteiger partial charge in [0.1, 0.15) is 48.5 Å². The van der Waals surface area contributed by atoms with E-state index in [1.54, 1.807) is 81.8 Å². The van der Waals surface area contributed by atoms with Gasteiger partial charge in [0.2, 0.25) is 22.1 Å². The molecule has 0 saturated heterocycles. The highest BCUT2D eigenvalue weighted by Gasteiger charge is 2.34. The van der Waals surface area contributed by atoms with Crippen LogP contribution in [0.5, 0.6) is 0 Å². The number of aromatic nitrogens is 3. The zero-order valence-corrected chi connectivity index (χ0v) is 65.6. The van der Waals surface area contributed by atoms with Crippen LogP contribution in [0.25, 0.3) is 98.6 Å². The minimum Gasteiger partial charge on any atom is -0.477 e. The van der Waals surface area contributed by atoms with E-state index in [9.17, 15) is 43.4 Å². The van der Waals surface area contributed by atoms with Crippen LogP contribution in [0.4, 0.5) is 0 Å². The third-order valence-corrected chi connectivity index (χ3v) is 29.3. The van der Waals surface area contributed by atoms with Gasteiger partial charge in [-0.1, -0.05) is 120 Å². The highest BCUT2D eigenvalue weighted by Crippen LogP contribution is 2.55. The number of hydrogen-bond donors (Lipinski definition) is 3. The number of thiophene rings is 3. The van der Waals surface area contributed by atoms with Gasteiger partial charge in [-0.25, -0.2) is 14.4 Å². The molecule has 15 aromatic rings. The molecule has 6 aromatic carbocycles. The second-order valence-electron chi connectivity index (χ2n) is 25.4. The van der Waals surface area contributed by atoms with Gasteiger partial charge in [-0.15, -0.1) is 34.0 Å². The van der Waals surface area contributed by atoms with Crippen LogP contribution >= 0.6 is 67.7 Å². The number of benzene rings is 6. The number of carbonyl (C=O) groups is 3. The number of fused-ring (bicyclic) bond motifs is 3. The molecule has 3 atom stereocenters. The van der Waals surface area contributed by atoms with Gasteiger partial charge in [0.05, 0.1) is 38.3 Å². The summed E-state index contributed by atoms with van der Waals surface area (Å²) in [6.07, 6.45) is 5.19. The van der Waals surface area contributed by atoms with Crippen molar-refractivity contribution < 1.29 is 70.2 Å². The van der Waals surface area contributed by atoms with Crippen molar-refractivity contribution in [1.82, 2.24) is 15.0 Å². The fourth-order valence-corrected chi connectivity index (χ4v) is 22.8. The maximum absolute atomic E-state index is 14.1. The third kappa shape index (κ3) is 17.4. The van der Waals surface area contributed by atoms with Crippen LogP contribution < -0.4 is 15.9 Å². The van der Waals surface area contributed by atoms with Crippen LogP contribution in [-0.2, 0) is 45.8 Å². The molecule has 0 radical (unpaired) electrons. The molecule has 25 heteroatoms. The highest BCUT2D eigenvalue weighted by atomic mass is 35.5. The summed E-state index contributed by atoms with van der Waals surface area (Å²) in [5.74, 6) is -1.02. The Balaban J connectivity index is 0.000000144. The normalized spacial score (nSPS) is 13.1. The number of hydrogen-bond acceptors (Lipinski definition) is 18. The molecule has 0 saturated carbocycles. The number of nitrogens with zero attached hydrogens (tertiary/aromatic N) is 3. The molecule has 9 aromatic heterocycles. The second kappa shape index (κ2) is 33.3. The van der Waals surface area contributed by atoms with Crippen LogP contribution in [0.1, 0.15) is 83.2 Å². The molecule has 0 fully saturated rings. The summed E-state index contributed by atoms with van der Waals surface area (Å²) in [5, 5.41) is 31.9. The Bertz CT molecular complexity index is 5640. The van der Waals surface area contributed by atoms with E-state index in [2.05, 4.69) is 15.0 Å². The van der Waals surface area contributed by atoms with Gasteiger partial charge in [-0.05, 0) is 178 Å². The predicted octanol–water partition coefficient (Wildman–Crippen LogP) is 22.8. The summed E-state index contributed by atoms with van der Waals surface area (Å²) < 4.78 is 76.8. The Morgan fingerprint density at radius 2 is 0.706 bits per heavy atom. The van der Waals surface area contributed by atoms with E-state index in [0.717, 1.165) is 104 Å². The first-order valence-electron chi connectivity index (χ1n) is 34.6. The first-order valence-corrected chi connectivity index (χ1v) is 42.8. The number of carboxylic acids is 3. The molecule has 3 N–H and O–H groups in total. The van der Waals surface area contributed by atoms with Crippen molar-refractivity contribution in [2.24, 2.45) is 0 Å². The van der Waals surface area contributed by atoms with Crippen molar-refractivity contribution in [3.63, 3.8) is 0 Å². The minimum absolute atomic E-state index is 0.0199. The number of aromatic carboxylic acids is 3. The quantitative estimate of drug-likeness (QED) is 0.0474. The molecule has 18 nitrogen and oxygen atoms in total. The lowest BCUT2D eigenvalue weighted by atomic mass is 10.1. The zero-order valence-electron chi connectivity index (χ0n) is 59.7. The summed E-state index contributed by atoms with van der Waals surface area (Å²) in [4.78, 5) is 52.0. The Labute approximate surface area is 644 Å². The summed E-state index contributed by atoms with van der Waals surface area (Å²) in [6.45, 7) is 12.0. The van der Waals surface area contributed by atoms with Gasteiger partial charge in [0.15, 0.2) is 16.7 Å². The molecule has 0 aliphatic rings. The van der Waals surface area contributed by atoms with E-state index in [0.29, 0.717) is 60.5 Å². The first-order chi connectivity index (χ1) is 52.5. The van der Waals surface area contributed by atoms with E-state index in [4.69, 9.17) is 38.4 Å². The molecular formula is C84H71ClN3O15P3S3. The molecule has 0 aliphatic carbocycles. The Morgan fingerprint density at radius 3 is 1.03 bits per heavy atom. The van der Waals surface area contributed by atoms with Gasteiger partial charge < -0.3 is 42.1 Å². The summed E-state index contributed by atoms with van der Waals surface area (Å²) in [5.41, 5.74) is 14.3. The molecule has 0 amide bonds. The van der Waals surface area contributed by atoms with Crippen LogP contribution in [0.15, 0.2) is 244 Å². The second-order valence-corrected chi connectivity index (χ2v) is 36.3. The van der Waals surface area contributed by atoms with Crippen molar-refractivity contribution in [2.75, 3.05) is 19.8 Å². The van der Waals surface area contributed by atoms with Gasteiger partial charge in [-0.3, -0.25) is 28.6 Å². The van der Waals surface area contributed by atoms with Crippen molar-refractivity contribution in [3.8, 4) is 65.3 Å². The topological polar surface area (TPSA) is 269 Å². The average molecular weight is 1590 g/mol. The average Bonchev–Trinajstić information content (AvgIpc) is 1.75. The number of halogens is 1. The number of pyridine rings is 3. The van der Waals surface area contributed by atoms with E-state index < -0.39 is 40.0 Å². The highest BCUT2D eigenvalue weighted by molar-refractivity contribution is 7.67. The number of furan rings is 3. The molecular weight excluding hydrogens is 1520 g/mol. The van der Waals surface area contributed by atoms with E-state index in [-0.39, 0.29) is 52.9 Å². The Kier molecular flexibility index (Phi) is 23.5. The smallest absolute Gasteiger partial charge is 0.346 e. The molecule has 15 rings (SSSR count). The molecule has 0 bridgehead atoms. The van der Waals surface area contributed by atoms with Crippen molar-refractivity contribution in [3.05, 3.63) is 284 Å². The van der Waals surface area contributed by atoms with Crippen LogP contribution in [0.3, 0.4) is 0 Å². The molecule has 9 heterocycles. The van der Waals surface area contributed by atoms with Gasteiger partial charge >= 0.3 is 17.9 Å². The fourth-order valence-electron chi connectivity index (χ4n) is 12.6. The number of aryl methyl sites for hydroxylation is 3. The predicted molar refractivity (Wildman–Crippen MR) is 435 cm³/mol. The molecule has 109 heavy (non-hydrogen) atoms. The molecule has 3 unspecified atom stereocenters. The number of carboxylic acid groups (broad SMARTS) is 3. The summed E-state index contributed by atoms with van der Waals surface area (Å²) >= 11 is 9.49. The lowest BCUT2D eigenvalue weighted by Crippen LogP contribution is -2.14. The van der Waals surface area contributed by atoms with Crippen molar-refractivity contribution >= 4 is 135 Å². The Morgan fingerprint density at radius 1 is 0.394 bits per heavy atom. The summed E-state index contributed by atoms with van der Waals surface area (Å²) in [6, 6.07) is 65.1. The molecule has 552 valence electrons. The van der Waals surface area contributed by atoms with Crippen LogP contribution in [-0.4, -0.2) is 68.0 Å². The van der Waals surface area contributed by atoms with Crippen molar-refractivity contribution in [1.29, 1.82) is 0 Å². The third-order valence-electron chi connectivity index (χ3n) is 17.7. The van der Waals surface area contributed by atoms with Crippen molar-refractivity contribution in [2.45, 2.75) is 60.0 Å². The van der Waals surface area contributed by atoms with Crippen LogP contribution in [0, 0.1) is 20.8 Å².